The molecular weight excluding hydrogens is 383 g/mol. The SMILES string of the molecule is O=c1c2ccccc2nc2n1[C@@H](CSc1c(Cl)cccc1Cl)CS2. The Hall–Kier alpha value is -1.14. The van der Waals surface area contributed by atoms with Gasteiger partial charge in [0.05, 0.1) is 27.0 Å². The topological polar surface area (TPSA) is 34.9 Å². The number of hydrogen-bond donors (Lipinski definition) is 0. The molecule has 122 valence electrons. The third-order valence-corrected chi connectivity index (χ3v) is 7.12. The third kappa shape index (κ3) is 2.84. The van der Waals surface area contributed by atoms with E-state index in [4.69, 9.17) is 23.2 Å². The highest BCUT2D eigenvalue weighted by molar-refractivity contribution is 8.00. The molecule has 0 bridgehead atoms. The molecule has 1 aliphatic heterocycles. The Balaban J connectivity index is 1.67. The quantitative estimate of drug-likeness (QED) is 0.454. The summed E-state index contributed by atoms with van der Waals surface area (Å²) in [7, 11) is 0. The highest BCUT2D eigenvalue weighted by Gasteiger charge is 2.27. The fourth-order valence-corrected chi connectivity index (χ4v) is 5.77. The minimum Gasteiger partial charge on any atom is -0.282 e. The zero-order chi connectivity index (χ0) is 16.7. The second-order valence-electron chi connectivity index (χ2n) is 5.41. The van der Waals surface area contributed by atoms with Crippen LogP contribution in [0.5, 0.6) is 0 Å². The summed E-state index contributed by atoms with van der Waals surface area (Å²) in [5, 5.41) is 2.73. The van der Waals surface area contributed by atoms with E-state index in [0.717, 1.165) is 27.1 Å². The van der Waals surface area contributed by atoms with Gasteiger partial charge in [0.1, 0.15) is 0 Å². The molecule has 4 rings (SSSR count). The first-order valence-corrected chi connectivity index (χ1v) is 10.1. The first-order chi connectivity index (χ1) is 11.6. The molecule has 0 spiro atoms. The summed E-state index contributed by atoms with van der Waals surface area (Å²) in [6.45, 7) is 0. The lowest BCUT2D eigenvalue weighted by molar-refractivity contribution is 0.558. The van der Waals surface area contributed by atoms with Gasteiger partial charge in [0.15, 0.2) is 5.16 Å². The fourth-order valence-electron chi connectivity index (χ4n) is 2.72. The van der Waals surface area contributed by atoms with Gasteiger partial charge in [-0.25, -0.2) is 4.98 Å². The molecule has 0 saturated heterocycles. The highest BCUT2D eigenvalue weighted by Crippen LogP contribution is 2.39. The zero-order valence-corrected chi connectivity index (χ0v) is 15.6. The predicted octanol–water partition coefficient (Wildman–Crippen LogP) is 5.14. The Labute approximate surface area is 157 Å². The number of nitrogens with zero attached hydrogens (tertiary/aromatic N) is 2. The molecule has 7 heteroatoms. The molecule has 3 aromatic rings. The van der Waals surface area contributed by atoms with Crippen LogP contribution in [0, 0.1) is 0 Å². The van der Waals surface area contributed by atoms with Crippen LogP contribution in [0.2, 0.25) is 10.0 Å². The van der Waals surface area contributed by atoms with Gasteiger partial charge in [-0.2, -0.15) is 0 Å². The Morgan fingerprint density at radius 3 is 2.71 bits per heavy atom. The monoisotopic (exact) mass is 394 g/mol. The molecule has 1 aromatic heterocycles. The van der Waals surface area contributed by atoms with Gasteiger partial charge >= 0.3 is 0 Å². The number of para-hydroxylation sites is 1. The minimum absolute atomic E-state index is 0.0245. The van der Waals surface area contributed by atoms with Crippen molar-refractivity contribution in [1.29, 1.82) is 0 Å². The molecule has 0 unspecified atom stereocenters. The summed E-state index contributed by atoms with van der Waals surface area (Å²) >= 11 is 15.7. The van der Waals surface area contributed by atoms with E-state index in [1.165, 1.54) is 0 Å². The van der Waals surface area contributed by atoms with Gasteiger partial charge in [-0.15, -0.1) is 11.8 Å². The van der Waals surface area contributed by atoms with E-state index in [9.17, 15) is 4.79 Å². The van der Waals surface area contributed by atoms with Crippen LogP contribution in [0.15, 0.2) is 57.3 Å². The van der Waals surface area contributed by atoms with E-state index >= 15 is 0 Å². The van der Waals surface area contributed by atoms with Crippen LogP contribution in [-0.4, -0.2) is 21.1 Å². The van der Waals surface area contributed by atoms with Gasteiger partial charge < -0.3 is 0 Å². The van der Waals surface area contributed by atoms with E-state index in [1.807, 2.05) is 47.0 Å². The maximum absolute atomic E-state index is 12.8. The predicted molar refractivity (Wildman–Crippen MR) is 103 cm³/mol. The first-order valence-electron chi connectivity index (χ1n) is 7.36. The summed E-state index contributed by atoms with van der Waals surface area (Å²) in [4.78, 5) is 18.3. The summed E-state index contributed by atoms with van der Waals surface area (Å²) in [6.07, 6.45) is 0. The Bertz CT molecular complexity index is 970. The van der Waals surface area contributed by atoms with Crippen LogP contribution < -0.4 is 5.56 Å². The Morgan fingerprint density at radius 1 is 1.17 bits per heavy atom. The van der Waals surface area contributed by atoms with Crippen molar-refractivity contribution in [2.75, 3.05) is 11.5 Å². The number of benzene rings is 2. The molecule has 1 aliphatic rings. The number of rotatable bonds is 3. The van der Waals surface area contributed by atoms with Crippen molar-refractivity contribution in [1.82, 2.24) is 9.55 Å². The standard InChI is InChI=1S/C17H12Cl2N2OS2/c18-12-5-3-6-13(19)15(12)23-8-10-9-24-17-20-14-7-2-1-4-11(14)16(22)21(10)17/h1-7,10H,8-9H2/t10-/m0/s1. The van der Waals surface area contributed by atoms with Crippen LogP contribution in [0.25, 0.3) is 10.9 Å². The average Bonchev–Trinajstić information content (AvgIpc) is 2.98. The number of aromatic nitrogens is 2. The number of halogens is 2. The van der Waals surface area contributed by atoms with Crippen LogP contribution in [-0.2, 0) is 0 Å². The summed E-state index contributed by atoms with van der Waals surface area (Å²) in [6, 6.07) is 13.0. The second-order valence-corrected chi connectivity index (χ2v) is 8.25. The van der Waals surface area contributed by atoms with Crippen molar-refractivity contribution in [3.8, 4) is 0 Å². The van der Waals surface area contributed by atoms with Gasteiger partial charge in [0.25, 0.3) is 5.56 Å². The van der Waals surface area contributed by atoms with Gasteiger partial charge in [0, 0.05) is 16.4 Å². The smallest absolute Gasteiger partial charge is 0.262 e. The number of hydrogen-bond acceptors (Lipinski definition) is 4. The van der Waals surface area contributed by atoms with Crippen molar-refractivity contribution in [3.05, 3.63) is 62.9 Å². The van der Waals surface area contributed by atoms with E-state index < -0.39 is 0 Å². The highest BCUT2D eigenvalue weighted by atomic mass is 35.5. The normalized spacial score (nSPS) is 16.5. The molecule has 0 fully saturated rings. The molecular formula is C17H12Cl2N2OS2. The van der Waals surface area contributed by atoms with Crippen LogP contribution in [0.4, 0.5) is 0 Å². The molecule has 0 aliphatic carbocycles. The van der Waals surface area contributed by atoms with Gasteiger partial charge in [-0.05, 0) is 24.3 Å². The van der Waals surface area contributed by atoms with Gasteiger partial charge in [-0.1, -0.05) is 53.2 Å². The zero-order valence-electron chi connectivity index (χ0n) is 12.4. The van der Waals surface area contributed by atoms with Crippen molar-refractivity contribution in [2.45, 2.75) is 16.1 Å². The van der Waals surface area contributed by atoms with Gasteiger partial charge in [-0.3, -0.25) is 9.36 Å². The van der Waals surface area contributed by atoms with Gasteiger partial charge in [0.2, 0.25) is 0 Å². The third-order valence-electron chi connectivity index (χ3n) is 3.88. The summed E-state index contributed by atoms with van der Waals surface area (Å²) < 4.78 is 1.81. The molecule has 0 radical (unpaired) electrons. The number of fused-ring (bicyclic) bond motifs is 2. The lowest BCUT2D eigenvalue weighted by Crippen LogP contribution is -2.25. The molecule has 0 N–H and O–H groups in total. The molecule has 0 amide bonds. The summed E-state index contributed by atoms with van der Waals surface area (Å²) in [5.41, 5.74) is 0.778. The number of thioether (sulfide) groups is 2. The second kappa shape index (κ2) is 6.64. The lowest BCUT2D eigenvalue weighted by atomic mass is 10.2. The largest absolute Gasteiger partial charge is 0.282 e. The van der Waals surface area contributed by atoms with Crippen molar-refractivity contribution in [3.63, 3.8) is 0 Å². The minimum atomic E-state index is 0.0245. The van der Waals surface area contributed by atoms with E-state index in [1.54, 1.807) is 23.5 Å². The van der Waals surface area contributed by atoms with Crippen LogP contribution in [0.1, 0.15) is 6.04 Å². The van der Waals surface area contributed by atoms with Crippen LogP contribution in [0.3, 0.4) is 0 Å². The van der Waals surface area contributed by atoms with Crippen LogP contribution >= 0.6 is 46.7 Å². The molecule has 3 nitrogen and oxygen atoms in total. The Kier molecular flexibility index (Phi) is 4.52. The van der Waals surface area contributed by atoms with Crippen molar-refractivity contribution in [2.24, 2.45) is 0 Å². The van der Waals surface area contributed by atoms with E-state index in [2.05, 4.69) is 4.98 Å². The Morgan fingerprint density at radius 2 is 1.92 bits per heavy atom. The lowest BCUT2D eigenvalue weighted by Gasteiger charge is -2.14. The van der Waals surface area contributed by atoms with E-state index in [0.29, 0.717) is 15.4 Å². The molecule has 0 saturated carbocycles. The maximum Gasteiger partial charge on any atom is 0.262 e. The molecule has 2 heterocycles. The fraction of sp³-hybridized carbons (Fsp3) is 0.176. The first kappa shape index (κ1) is 16.3. The van der Waals surface area contributed by atoms with Crippen molar-refractivity contribution >= 4 is 57.6 Å². The van der Waals surface area contributed by atoms with E-state index in [-0.39, 0.29) is 11.6 Å². The molecule has 2 aromatic carbocycles. The van der Waals surface area contributed by atoms with Crippen molar-refractivity contribution < 1.29 is 0 Å². The molecule has 1 atom stereocenters. The summed E-state index contributed by atoms with van der Waals surface area (Å²) in [5.74, 6) is 1.55. The maximum atomic E-state index is 12.8. The molecule has 24 heavy (non-hydrogen) atoms. The average molecular weight is 395 g/mol.